The van der Waals surface area contributed by atoms with Crippen molar-refractivity contribution in [3.05, 3.63) is 97.2 Å². The number of carbonyl (C=O) groups excluding carboxylic acids is 2. The van der Waals surface area contributed by atoms with Crippen molar-refractivity contribution in [3.63, 3.8) is 0 Å². The molecule has 0 aliphatic rings. The molecule has 3 unspecified atom stereocenters. The van der Waals surface area contributed by atoms with Crippen LogP contribution in [-0.4, -0.2) is 74.3 Å². The average Bonchev–Trinajstić information content (AvgIpc) is 3.69. The quantitative estimate of drug-likeness (QED) is 0.0205. The highest BCUT2D eigenvalue weighted by Gasteiger charge is 2.30. The van der Waals surface area contributed by atoms with Crippen LogP contribution in [0, 0.1) is 0 Å². The van der Waals surface area contributed by atoms with E-state index < -0.39 is 20.0 Å². The number of likely N-dealkylation sites (N-methyl/N-ethyl adjacent to an activating group) is 1. The van der Waals surface area contributed by atoms with Crippen molar-refractivity contribution in [2.75, 3.05) is 40.9 Å². The molecule has 87 heavy (non-hydrogen) atoms. The zero-order valence-electron chi connectivity index (χ0n) is 57.7. The van der Waals surface area contributed by atoms with Gasteiger partial charge in [-0.3, -0.25) is 18.6 Å². The third-order valence-electron chi connectivity index (χ3n) is 16.0. The Morgan fingerprint density at radius 2 is 0.736 bits per heavy atom. The maximum absolute atomic E-state index is 13.6. The fraction of sp³-hybridized carbons (Fsp3) is 0.766. The molecule has 0 heterocycles. The van der Waals surface area contributed by atoms with Crippen molar-refractivity contribution in [1.82, 2.24) is 5.32 Å². The van der Waals surface area contributed by atoms with E-state index in [1.807, 2.05) is 33.3 Å². The van der Waals surface area contributed by atoms with Gasteiger partial charge in [-0.25, -0.2) is 4.57 Å². The Labute approximate surface area is 538 Å². The fourth-order valence-corrected chi connectivity index (χ4v) is 11.1. The highest BCUT2D eigenvalue weighted by molar-refractivity contribution is 7.47. The van der Waals surface area contributed by atoms with E-state index in [9.17, 15) is 19.0 Å². The molecule has 9 nitrogen and oxygen atoms in total. The molecule has 0 aromatic heterocycles. The van der Waals surface area contributed by atoms with E-state index >= 15 is 0 Å². The van der Waals surface area contributed by atoms with Crippen LogP contribution < -0.4 is 5.32 Å². The molecule has 0 aromatic carbocycles. The predicted molar refractivity (Wildman–Crippen MR) is 378 cm³/mol. The van der Waals surface area contributed by atoms with Crippen molar-refractivity contribution in [3.8, 4) is 0 Å². The molecule has 0 saturated heterocycles. The Morgan fingerprint density at radius 1 is 0.414 bits per heavy atom. The lowest BCUT2D eigenvalue weighted by atomic mass is 10.0. The summed E-state index contributed by atoms with van der Waals surface area (Å²) in [6.45, 7) is 6.90. The molecular weight excluding hydrogens is 1100 g/mol. The number of unbranched alkanes of at least 4 members (excludes halogenated alkanes) is 36. The topological polar surface area (TPSA) is 111 Å². The van der Waals surface area contributed by atoms with Crippen LogP contribution >= 0.6 is 7.82 Å². The number of quaternary nitrogens is 1. The summed E-state index contributed by atoms with van der Waals surface area (Å²) in [5.41, 5.74) is 0. The van der Waals surface area contributed by atoms with Crippen molar-refractivity contribution < 1.29 is 37.3 Å². The minimum atomic E-state index is -4.46. The van der Waals surface area contributed by atoms with Gasteiger partial charge in [0, 0.05) is 12.8 Å². The number of nitrogens with one attached hydrogen (secondary N) is 1. The van der Waals surface area contributed by atoms with Gasteiger partial charge in [0.2, 0.25) is 5.91 Å². The lowest BCUT2D eigenvalue weighted by Crippen LogP contribution is -2.47. The fourth-order valence-electron chi connectivity index (χ4n) is 10.4. The van der Waals surface area contributed by atoms with Crippen LogP contribution in [0.25, 0.3) is 0 Å². The Bertz CT molecular complexity index is 1810. The molecular formula is C77H140N2O7P+. The second kappa shape index (κ2) is 65.9. The van der Waals surface area contributed by atoms with Crippen LogP contribution in [0.2, 0.25) is 0 Å². The van der Waals surface area contributed by atoms with Crippen LogP contribution in [0.5, 0.6) is 0 Å². The van der Waals surface area contributed by atoms with Gasteiger partial charge < -0.3 is 19.4 Å². The number of carbonyl (C=O) groups is 2. The van der Waals surface area contributed by atoms with Crippen LogP contribution in [0.4, 0.5) is 0 Å². The Balaban J connectivity index is 5.07. The van der Waals surface area contributed by atoms with Crippen LogP contribution in [0.1, 0.15) is 329 Å². The second-order valence-corrected chi connectivity index (χ2v) is 27.2. The minimum absolute atomic E-state index is 0.0365. The summed E-state index contributed by atoms with van der Waals surface area (Å²) >= 11 is 0. The maximum Gasteiger partial charge on any atom is 0.472 e. The van der Waals surface area contributed by atoms with Crippen molar-refractivity contribution in [2.45, 2.75) is 341 Å². The lowest BCUT2D eigenvalue weighted by molar-refractivity contribution is -0.870. The number of phosphoric ester groups is 1. The van der Waals surface area contributed by atoms with Gasteiger partial charge in [-0.1, -0.05) is 305 Å². The molecule has 0 aliphatic carbocycles. The first-order valence-electron chi connectivity index (χ1n) is 36.6. The van der Waals surface area contributed by atoms with Crippen molar-refractivity contribution >= 4 is 19.7 Å². The number of nitrogens with zero attached hydrogens (tertiary/aromatic N) is 1. The molecule has 0 aliphatic heterocycles. The SMILES string of the molecule is CC/C=C\C/C=C\C/C=C\C/C=C\C/C=C\CCCCCCCCCCCCCC(=O)NC(COP(=O)(O)OCC[N+](C)(C)C)C(/C=C\CCCCCCCCCCCCC)OC(=O)CCCCCCCCCCCCC/C=C\C/C=C\CCCCC. The van der Waals surface area contributed by atoms with E-state index in [0.29, 0.717) is 17.4 Å². The van der Waals surface area contributed by atoms with E-state index in [4.69, 9.17) is 13.8 Å². The third kappa shape index (κ3) is 67.2. The van der Waals surface area contributed by atoms with Gasteiger partial charge in [0.05, 0.1) is 33.8 Å². The Hall–Kier alpha value is -3.07. The van der Waals surface area contributed by atoms with E-state index in [2.05, 4.69) is 111 Å². The van der Waals surface area contributed by atoms with E-state index in [-0.39, 0.29) is 31.5 Å². The third-order valence-corrected chi connectivity index (χ3v) is 17.0. The molecule has 0 radical (unpaired) electrons. The monoisotopic (exact) mass is 1240 g/mol. The number of hydrogen-bond donors (Lipinski definition) is 2. The van der Waals surface area contributed by atoms with Gasteiger partial charge in [-0.2, -0.15) is 0 Å². The van der Waals surface area contributed by atoms with E-state index in [1.165, 1.54) is 199 Å². The first kappa shape index (κ1) is 83.9. The number of esters is 1. The molecule has 3 atom stereocenters. The van der Waals surface area contributed by atoms with Gasteiger partial charge >= 0.3 is 13.8 Å². The van der Waals surface area contributed by atoms with Crippen molar-refractivity contribution in [2.24, 2.45) is 0 Å². The minimum Gasteiger partial charge on any atom is -0.456 e. The summed E-state index contributed by atoms with van der Waals surface area (Å²) in [4.78, 5) is 38.0. The predicted octanol–water partition coefficient (Wildman–Crippen LogP) is 23.5. The summed E-state index contributed by atoms with van der Waals surface area (Å²) in [6, 6.07) is -0.857. The Morgan fingerprint density at radius 3 is 1.13 bits per heavy atom. The summed E-state index contributed by atoms with van der Waals surface area (Å²) in [7, 11) is 1.49. The number of hydrogen-bond acceptors (Lipinski definition) is 6. The molecule has 0 bridgehead atoms. The van der Waals surface area contributed by atoms with Gasteiger partial charge in [-0.05, 0) is 109 Å². The number of rotatable bonds is 66. The van der Waals surface area contributed by atoms with Crippen molar-refractivity contribution in [1.29, 1.82) is 0 Å². The molecule has 0 fully saturated rings. The van der Waals surface area contributed by atoms with E-state index in [1.54, 1.807) is 0 Å². The van der Waals surface area contributed by atoms with Gasteiger partial charge in [0.1, 0.15) is 19.3 Å². The summed E-state index contributed by atoms with van der Waals surface area (Å²) in [5.74, 6) is -0.504. The highest BCUT2D eigenvalue weighted by Crippen LogP contribution is 2.43. The molecule has 504 valence electrons. The number of allylic oxidation sites excluding steroid dienone is 15. The molecule has 2 N–H and O–H groups in total. The zero-order valence-corrected chi connectivity index (χ0v) is 58.6. The summed E-state index contributed by atoms with van der Waals surface area (Å²) < 4.78 is 30.9. The largest absolute Gasteiger partial charge is 0.472 e. The van der Waals surface area contributed by atoms with Crippen LogP contribution in [0.3, 0.4) is 0 Å². The number of ether oxygens (including phenoxy) is 1. The standard InChI is InChI=1S/C77H139N2O7P/c1-7-10-13-16-19-22-25-28-30-32-34-36-37-38-39-40-41-43-44-46-48-51-54-57-60-63-66-69-76(80)78-74(73-85-87(82,83)84-72-71-79(4,5)6)75(68-65-62-59-56-53-50-27-24-21-18-15-12-9-3)86-77(81)70-67-64-61-58-55-52-49-47-45-42-35-33-31-29-26-23-20-17-14-11-8-2/h10,13,19-20,22-23,28-31,34,36,38-39,65,68,74-75H,7-9,11-12,14-18,21,24-27,32-33,35,37,40-64,66-67,69-73H2,1-6H3,(H-,78,80,82,83)/p+1/b13-10-,22-19-,23-20-,30-28-,31-29-,36-34-,39-38-,68-65-. The first-order chi connectivity index (χ1) is 42.4. The lowest BCUT2D eigenvalue weighted by Gasteiger charge is -2.27. The van der Waals surface area contributed by atoms with Gasteiger partial charge in [0.25, 0.3) is 0 Å². The molecule has 0 saturated carbocycles. The molecule has 10 heteroatoms. The zero-order chi connectivity index (χ0) is 63.5. The number of phosphoric acid groups is 1. The normalized spacial score (nSPS) is 14.1. The Kier molecular flexibility index (Phi) is 63.5. The highest BCUT2D eigenvalue weighted by atomic mass is 31.2. The number of amides is 1. The van der Waals surface area contributed by atoms with Crippen LogP contribution in [0.15, 0.2) is 97.2 Å². The first-order valence-corrected chi connectivity index (χ1v) is 38.1. The second-order valence-electron chi connectivity index (χ2n) is 25.7. The van der Waals surface area contributed by atoms with Gasteiger partial charge in [0.15, 0.2) is 0 Å². The van der Waals surface area contributed by atoms with E-state index in [0.717, 1.165) is 96.3 Å². The van der Waals surface area contributed by atoms with Crippen LogP contribution in [-0.2, 0) is 27.9 Å². The summed E-state index contributed by atoms with van der Waals surface area (Å²) in [6.07, 6.45) is 89.9. The maximum atomic E-state index is 13.6. The molecule has 0 aromatic rings. The average molecular weight is 1240 g/mol. The molecule has 1 amide bonds. The molecule has 0 spiro atoms. The smallest absolute Gasteiger partial charge is 0.456 e. The summed E-state index contributed by atoms with van der Waals surface area (Å²) in [5, 5.41) is 3.07. The molecule has 0 rings (SSSR count). The van der Waals surface area contributed by atoms with Gasteiger partial charge in [-0.15, -0.1) is 0 Å².